The molecule has 0 radical (unpaired) electrons. The Balaban J connectivity index is 1.99. The number of aliphatic hydroxyl groups excluding tert-OH is 1. The number of Topliss-reactive ketones (excluding diaryl/α,β-unsaturated/α-hetero) is 1. The van der Waals surface area contributed by atoms with Gasteiger partial charge in [0.25, 0.3) is 5.91 Å². The third kappa shape index (κ3) is 3.62. The number of rotatable bonds is 8. The van der Waals surface area contributed by atoms with Crippen molar-refractivity contribution >= 4 is 23.0 Å². The molecule has 1 aliphatic rings. The molecule has 1 N–H and O–H groups in total. The minimum atomic E-state index is -0.743. The van der Waals surface area contributed by atoms with Crippen LogP contribution in [0.15, 0.2) is 34.1 Å². The van der Waals surface area contributed by atoms with E-state index in [0.29, 0.717) is 29.4 Å². The molecule has 28 heavy (non-hydrogen) atoms. The minimum Gasteiger partial charge on any atom is -0.503 e. The van der Waals surface area contributed by atoms with Crippen LogP contribution in [0.5, 0.6) is 0 Å². The molecule has 3 rings (SSSR count). The summed E-state index contributed by atoms with van der Waals surface area (Å²) >= 11 is 1.26. The highest BCUT2D eigenvalue weighted by atomic mass is 32.1. The van der Waals surface area contributed by atoms with Gasteiger partial charge in [-0.15, -0.1) is 11.3 Å². The molecular formula is C20H25N3O4S. The second-order valence-corrected chi connectivity index (χ2v) is 7.89. The average Bonchev–Trinajstić information content (AvgIpc) is 3.36. The predicted molar refractivity (Wildman–Crippen MR) is 107 cm³/mol. The van der Waals surface area contributed by atoms with Crippen LogP contribution >= 0.6 is 11.3 Å². The number of amides is 1. The van der Waals surface area contributed by atoms with Crippen molar-refractivity contribution in [1.82, 2.24) is 14.8 Å². The zero-order valence-electron chi connectivity index (χ0n) is 16.6. The highest BCUT2D eigenvalue weighted by Gasteiger charge is 2.45. The molecule has 0 aromatic carbocycles. The van der Waals surface area contributed by atoms with Crippen LogP contribution in [-0.4, -0.2) is 57.8 Å². The lowest BCUT2D eigenvalue weighted by Crippen LogP contribution is -2.38. The fourth-order valence-electron chi connectivity index (χ4n) is 3.51. The fourth-order valence-corrected chi connectivity index (χ4v) is 4.39. The number of aliphatic hydroxyl groups is 1. The van der Waals surface area contributed by atoms with Crippen LogP contribution in [0.1, 0.15) is 46.0 Å². The summed E-state index contributed by atoms with van der Waals surface area (Å²) in [5.41, 5.74) is 0.659. The lowest BCUT2D eigenvalue weighted by atomic mass is 9.99. The lowest BCUT2D eigenvalue weighted by Gasteiger charge is -2.27. The minimum absolute atomic E-state index is 0.0613. The summed E-state index contributed by atoms with van der Waals surface area (Å²) in [7, 11) is 0. The van der Waals surface area contributed by atoms with Crippen molar-refractivity contribution in [3.05, 3.63) is 51.1 Å². The molecule has 0 saturated heterocycles. The summed E-state index contributed by atoms with van der Waals surface area (Å²) in [6, 6.07) is 2.69. The van der Waals surface area contributed by atoms with Crippen molar-refractivity contribution in [3.63, 3.8) is 0 Å². The van der Waals surface area contributed by atoms with E-state index in [2.05, 4.69) is 23.7 Å². The van der Waals surface area contributed by atoms with E-state index in [-0.39, 0.29) is 11.4 Å². The first-order chi connectivity index (χ1) is 13.4. The SMILES string of the molecule is CCN(CC)CCN1C(=O)C(O)=C(C(=O)c2sc(C)nc2C)C1c1ccco1. The Morgan fingerprint density at radius 3 is 2.61 bits per heavy atom. The monoisotopic (exact) mass is 403 g/mol. The van der Waals surface area contributed by atoms with Crippen LogP contribution in [0.4, 0.5) is 0 Å². The van der Waals surface area contributed by atoms with Crippen molar-refractivity contribution in [2.75, 3.05) is 26.2 Å². The summed E-state index contributed by atoms with van der Waals surface area (Å²) in [5, 5.41) is 11.4. The number of carbonyl (C=O) groups excluding carboxylic acids is 2. The molecule has 0 spiro atoms. The van der Waals surface area contributed by atoms with E-state index in [1.807, 2.05) is 6.92 Å². The van der Waals surface area contributed by atoms with Crippen LogP contribution in [-0.2, 0) is 4.79 Å². The summed E-state index contributed by atoms with van der Waals surface area (Å²) in [6.07, 6.45) is 1.50. The number of likely N-dealkylation sites (N-methyl/N-ethyl adjacent to an activating group) is 1. The van der Waals surface area contributed by atoms with Gasteiger partial charge in [-0.2, -0.15) is 0 Å². The Morgan fingerprint density at radius 1 is 1.36 bits per heavy atom. The van der Waals surface area contributed by atoms with Gasteiger partial charge in [0.2, 0.25) is 5.78 Å². The largest absolute Gasteiger partial charge is 0.503 e. The molecule has 0 aliphatic carbocycles. The normalized spacial score (nSPS) is 17.2. The molecule has 2 aromatic heterocycles. The Labute approximate surface area is 168 Å². The van der Waals surface area contributed by atoms with E-state index in [4.69, 9.17) is 4.42 Å². The molecule has 0 saturated carbocycles. The molecule has 1 aliphatic heterocycles. The molecule has 8 heteroatoms. The Hall–Kier alpha value is -2.45. The number of furan rings is 1. The predicted octanol–water partition coefficient (Wildman–Crippen LogP) is 3.27. The Bertz CT molecular complexity index is 897. The molecule has 2 aromatic rings. The summed E-state index contributed by atoms with van der Waals surface area (Å²) in [5.74, 6) is -0.966. The number of hydrogen-bond donors (Lipinski definition) is 1. The molecule has 1 atom stereocenters. The van der Waals surface area contributed by atoms with Crippen LogP contribution in [0, 0.1) is 13.8 Å². The van der Waals surface area contributed by atoms with Crippen LogP contribution in [0.3, 0.4) is 0 Å². The van der Waals surface area contributed by atoms with Gasteiger partial charge >= 0.3 is 0 Å². The molecular weight excluding hydrogens is 378 g/mol. The third-order valence-electron chi connectivity index (χ3n) is 5.02. The first kappa shape index (κ1) is 20.3. The number of carbonyl (C=O) groups is 2. The van der Waals surface area contributed by atoms with Gasteiger partial charge < -0.3 is 19.3 Å². The zero-order valence-corrected chi connectivity index (χ0v) is 17.4. The van der Waals surface area contributed by atoms with Gasteiger partial charge in [0.1, 0.15) is 11.8 Å². The van der Waals surface area contributed by atoms with Gasteiger partial charge in [0, 0.05) is 13.1 Å². The molecule has 7 nitrogen and oxygen atoms in total. The highest BCUT2D eigenvalue weighted by molar-refractivity contribution is 7.14. The first-order valence-electron chi connectivity index (χ1n) is 9.37. The molecule has 150 valence electrons. The topological polar surface area (TPSA) is 86.9 Å². The van der Waals surface area contributed by atoms with Gasteiger partial charge in [-0.3, -0.25) is 9.59 Å². The van der Waals surface area contributed by atoms with E-state index < -0.39 is 17.7 Å². The summed E-state index contributed by atoms with van der Waals surface area (Å²) < 4.78 is 5.54. The number of nitrogens with zero attached hydrogens (tertiary/aromatic N) is 3. The number of hydrogen-bond acceptors (Lipinski definition) is 7. The second kappa shape index (κ2) is 8.28. The number of aromatic nitrogens is 1. The van der Waals surface area contributed by atoms with E-state index in [1.165, 1.54) is 22.5 Å². The molecule has 3 heterocycles. The molecule has 1 amide bonds. The van der Waals surface area contributed by atoms with Gasteiger partial charge in [0.05, 0.1) is 27.4 Å². The van der Waals surface area contributed by atoms with Gasteiger partial charge in [-0.25, -0.2) is 4.98 Å². The molecule has 1 unspecified atom stereocenters. The highest BCUT2D eigenvalue weighted by Crippen LogP contribution is 2.40. The number of thiazole rings is 1. The lowest BCUT2D eigenvalue weighted by molar-refractivity contribution is -0.129. The Morgan fingerprint density at radius 2 is 2.07 bits per heavy atom. The van der Waals surface area contributed by atoms with Crippen LogP contribution in [0.2, 0.25) is 0 Å². The maximum Gasteiger partial charge on any atom is 0.290 e. The molecule has 0 bridgehead atoms. The number of ketones is 1. The number of aryl methyl sites for hydroxylation is 2. The van der Waals surface area contributed by atoms with E-state index in [9.17, 15) is 14.7 Å². The smallest absolute Gasteiger partial charge is 0.290 e. The average molecular weight is 404 g/mol. The zero-order chi connectivity index (χ0) is 20.4. The van der Waals surface area contributed by atoms with Crippen molar-refractivity contribution in [1.29, 1.82) is 0 Å². The van der Waals surface area contributed by atoms with Gasteiger partial charge in [0.15, 0.2) is 5.76 Å². The fraction of sp³-hybridized carbons (Fsp3) is 0.450. The van der Waals surface area contributed by atoms with Gasteiger partial charge in [-0.1, -0.05) is 13.8 Å². The van der Waals surface area contributed by atoms with Gasteiger partial charge in [-0.05, 0) is 39.1 Å². The molecule has 0 fully saturated rings. The third-order valence-corrected chi connectivity index (χ3v) is 6.09. The quantitative estimate of drug-likeness (QED) is 0.681. The Kier molecular flexibility index (Phi) is 6.00. The van der Waals surface area contributed by atoms with Crippen molar-refractivity contribution in [3.8, 4) is 0 Å². The second-order valence-electron chi connectivity index (χ2n) is 6.68. The maximum absolute atomic E-state index is 13.3. The van der Waals surface area contributed by atoms with Crippen LogP contribution in [0.25, 0.3) is 0 Å². The van der Waals surface area contributed by atoms with Crippen molar-refractivity contribution in [2.24, 2.45) is 0 Å². The van der Waals surface area contributed by atoms with Crippen molar-refractivity contribution < 1.29 is 19.1 Å². The maximum atomic E-state index is 13.3. The van der Waals surface area contributed by atoms with Crippen molar-refractivity contribution in [2.45, 2.75) is 33.7 Å². The first-order valence-corrected chi connectivity index (χ1v) is 10.2. The summed E-state index contributed by atoms with van der Waals surface area (Å²) in [4.78, 5) is 34.5. The van der Waals surface area contributed by atoms with E-state index in [1.54, 1.807) is 19.1 Å². The summed E-state index contributed by atoms with van der Waals surface area (Å²) in [6.45, 7) is 10.4. The standard InChI is InChI=1S/C20H25N3O4S/c1-5-22(6-2)9-10-23-16(14-8-7-11-27-14)15(18(25)20(23)26)17(24)19-12(3)21-13(4)28-19/h7-8,11,16,25H,5-6,9-10H2,1-4H3. The van der Waals surface area contributed by atoms with E-state index in [0.717, 1.165) is 18.1 Å². The van der Waals surface area contributed by atoms with Crippen LogP contribution < -0.4 is 0 Å². The van der Waals surface area contributed by atoms with E-state index >= 15 is 0 Å².